The number of carbonyl (C=O) groups is 1. The van der Waals surface area contributed by atoms with Crippen molar-refractivity contribution >= 4 is 11.5 Å². The van der Waals surface area contributed by atoms with Gasteiger partial charge in [-0.3, -0.25) is 4.79 Å². The molecule has 0 bridgehead atoms. The van der Waals surface area contributed by atoms with Gasteiger partial charge in [-0.25, -0.2) is 0 Å². The molecule has 2 heterocycles. The molecule has 1 saturated carbocycles. The highest BCUT2D eigenvalue weighted by molar-refractivity contribution is 5.79. The van der Waals surface area contributed by atoms with Crippen LogP contribution in [0.4, 0.5) is 0 Å². The fraction of sp³-hybridized carbons (Fsp3) is 0.438. The van der Waals surface area contributed by atoms with Crippen LogP contribution in [0.25, 0.3) is 5.52 Å². The second-order valence-electron chi connectivity index (χ2n) is 6.30. The smallest absolute Gasteiger partial charge is 0.316 e. The number of carbonyl (C=O) groups excluding carboxylic acids is 1. The molecule has 3 heteroatoms. The summed E-state index contributed by atoms with van der Waals surface area (Å²) in [7, 11) is 0. The summed E-state index contributed by atoms with van der Waals surface area (Å²) in [4.78, 5) is 12.1. The maximum absolute atomic E-state index is 12.1. The molecule has 0 amide bonds. The summed E-state index contributed by atoms with van der Waals surface area (Å²) < 4.78 is 7.78. The highest BCUT2D eigenvalue weighted by atomic mass is 16.5. The number of hydrogen-bond donors (Lipinski definition) is 0. The average Bonchev–Trinajstić information content (AvgIpc) is 3.09. The minimum absolute atomic E-state index is 0.176. The first-order valence-electron chi connectivity index (χ1n) is 6.79. The summed E-state index contributed by atoms with van der Waals surface area (Å²) in [6.45, 7) is 5.63. The molecule has 0 N–H and O–H groups in total. The predicted molar refractivity (Wildman–Crippen MR) is 74.5 cm³/mol. The van der Waals surface area contributed by atoms with Gasteiger partial charge in [-0.15, -0.1) is 0 Å². The van der Waals surface area contributed by atoms with Crippen molar-refractivity contribution in [2.24, 2.45) is 5.41 Å². The van der Waals surface area contributed by atoms with Crippen LogP contribution in [-0.4, -0.2) is 10.4 Å². The largest absolute Gasteiger partial charge is 0.424 e. The van der Waals surface area contributed by atoms with Crippen LogP contribution in [0.15, 0.2) is 30.5 Å². The Hall–Kier alpha value is -1.77. The average molecular weight is 257 g/mol. The number of hydrogen-bond acceptors (Lipinski definition) is 2. The molecule has 3 rings (SSSR count). The number of nitrogens with zero attached hydrogens (tertiary/aromatic N) is 1. The van der Waals surface area contributed by atoms with Crippen molar-refractivity contribution in [3.8, 4) is 5.75 Å². The Morgan fingerprint density at radius 1 is 1.32 bits per heavy atom. The van der Waals surface area contributed by atoms with Crippen molar-refractivity contribution in [1.29, 1.82) is 0 Å². The molecule has 0 aliphatic heterocycles. The van der Waals surface area contributed by atoms with Gasteiger partial charge in [0, 0.05) is 23.7 Å². The van der Waals surface area contributed by atoms with Crippen LogP contribution in [0.5, 0.6) is 5.75 Å². The van der Waals surface area contributed by atoms with Gasteiger partial charge >= 0.3 is 5.97 Å². The molecule has 2 aromatic heterocycles. The molecule has 0 atom stereocenters. The molecule has 1 aliphatic carbocycles. The van der Waals surface area contributed by atoms with E-state index in [1.165, 1.54) is 12.8 Å². The van der Waals surface area contributed by atoms with Crippen molar-refractivity contribution in [3.63, 3.8) is 0 Å². The van der Waals surface area contributed by atoms with Crippen LogP contribution in [0.1, 0.15) is 45.2 Å². The van der Waals surface area contributed by atoms with Crippen LogP contribution in [0.2, 0.25) is 0 Å². The van der Waals surface area contributed by atoms with E-state index in [0.29, 0.717) is 5.92 Å². The van der Waals surface area contributed by atoms with Gasteiger partial charge in [0.15, 0.2) is 5.75 Å². The molecule has 1 fully saturated rings. The van der Waals surface area contributed by atoms with Crippen LogP contribution in [-0.2, 0) is 4.79 Å². The Morgan fingerprint density at radius 3 is 2.68 bits per heavy atom. The molecule has 0 saturated heterocycles. The zero-order chi connectivity index (χ0) is 13.6. The van der Waals surface area contributed by atoms with E-state index >= 15 is 0 Å². The Balaban J connectivity index is 2.03. The molecule has 0 spiro atoms. The maximum Gasteiger partial charge on any atom is 0.316 e. The van der Waals surface area contributed by atoms with E-state index in [4.69, 9.17) is 4.74 Å². The quantitative estimate of drug-likeness (QED) is 0.767. The van der Waals surface area contributed by atoms with Gasteiger partial charge in [0.1, 0.15) is 0 Å². The maximum atomic E-state index is 12.1. The number of aromatic nitrogens is 1. The second-order valence-corrected chi connectivity index (χ2v) is 6.30. The first kappa shape index (κ1) is 12.3. The molecule has 3 nitrogen and oxygen atoms in total. The number of pyridine rings is 1. The predicted octanol–water partition coefficient (Wildman–Crippen LogP) is 3.77. The highest BCUT2D eigenvalue weighted by Crippen LogP contribution is 2.45. The van der Waals surface area contributed by atoms with E-state index in [9.17, 15) is 4.79 Å². The van der Waals surface area contributed by atoms with Crippen molar-refractivity contribution in [1.82, 2.24) is 4.40 Å². The SMILES string of the molecule is CC(C)(C)C(=O)Oc1cc2ccccn2c1C1CC1. The topological polar surface area (TPSA) is 30.7 Å². The normalized spacial score (nSPS) is 15.7. The van der Waals surface area contributed by atoms with Gasteiger partial charge < -0.3 is 9.14 Å². The third kappa shape index (κ3) is 2.25. The zero-order valence-electron chi connectivity index (χ0n) is 11.6. The standard InChI is InChI=1S/C16H19NO2/c1-16(2,3)15(18)19-13-10-12-6-4-5-9-17(12)14(13)11-7-8-11/h4-6,9-11H,7-8H2,1-3H3. The fourth-order valence-corrected chi connectivity index (χ4v) is 2.21. The summed E-state index contributed by atoms with van der Waals surface area (Å²) in [5.41, 5.74) is 1.75. The van der Waals surface area contributed by atoms with Crippen LogP contribution < -0.4 is 4.74 Å². The van der Waals surface area contributed by atoms with Gasteiger partial charge in [-0.05, 0) is 45.7 Å². The number of rotatable bonds is 2. The molecule has 19 heavy (non-hydrogen) atoms. The van der Waals surface area contributed by atoms with Crippen molar-refractivity contribution in [3.05, 3.63) is 36.2 Å². The lowest BCUT2D eigenvalue weighted by molar-refractivity contribution is -0.143. The lowest BCUT2D eigenvalue weighted by atomic mass is 9.97. The Labute approximate surface area is 113 Å². The minimum Gasteiger partial charge on any atom is -0.424 e. The zero-order valence-corrected chi connectivity index (χ0v) is 11.6. The van der Waals surface area contributed by atoms with Gasteiger partial charge in [-0.1, -0.05) is 6.07 Å². The van der Waals surface area contributed by atoms with E-state index in [1.54, 1.807) is 0 Å². The van der Waals surface area contributed by atoms with Crippen LogP contribution in [0.3, 0.4) is 0 Å². The summed E-state index contributed by atoms with van der Waals surface area (Å²) >= 11 is 0. The number of esters is 1. The molecule has 0 unspecified atom stereocenters. The summed E-state index contributed by atoms with van der Waals surface area (Å²) in [5.74, 6) is 1.09. The monoisotopic (exact) mass is 257 g/mol. The van der Waals surface area contributed by atoms with Gasteiger partial charge in [0.05, 0.1) is 11.1 Å². The lowest BCUT2D eigenvalue weighted by Gasteiger charge is -2.16. The van der Waals surface area contributed by atoms with Crippen LogP contribution in [0, 0.1) is 5.41 Å². The van der Waals surface area contributed by atoms with Crippen molar-refractivity contribution in [2.45, 2.75) is 39.5 Å². The van der Waals surface area contributed by atoms with E-state index in [-0.39, 0.29) is 5.97 Å². The highest BCUT2D eigenvalue weighted by Gasteiger charge is 2.32. The van der Waals surface area contributed by atoms with E-state index in [1.807, 2.05) is 51.2 Å². The molecule has 2 aromatic rings. The summed E-state index contributed by atoms with van der Waals surface area (Å²) in [6, 6.07) is 8.02. The molecule has 100 valence electrons. The van der Waals surface area contributed by atoms with Crippen molar-refractivity contribution < 1.29 is 9.53 Å². The Kier molecular flexibility index (Phi) is 2.66. The van der Waals surface area contributed by atoms with Crippen LogP contribution >= 0.6 is 0 Å². The third-order valence-corrected chi connectivity index (χ3v) is 3.46. The summed E-state index contributed by atoms with van der Waals surface area (Å²) in [6.07, 6.45) is 4.40. The fourth-order valence-electron chi connectivity index (χ4n) is 2.21. The van der Waals surface area contributed by atoms with E-state index in [2.05, 4.69) is 4.40 Å². The Morgan fingerprint density at radius 2 is 2.05 bits per heavy atom. The van der Waals surface area contributed by atoms with Gasteiger partial charge in [0.25, 0.3) is 0 Å². The Bertz CT molecular complexity index is 630. The molecule has 0 aromatic carbocycles. The van der Waals surface area contributed by atoms with Gasteiger partial charge in [-0.2, -0.15) is 0 Å². The molecular formula is C16H19NO2. The lowest BCUT2D eigenvalue weighted by Crippen LogP contribution is -2.25. The summed E-state index contributed by atoms with van der Waals surface area (Å²) in [5, 5.41) is 0. The molecule has 1 aliphatic rings. The third-order valence-electron chi connectivity index (χ3n) is 3.46. The minimum atomic E-state index is -0.477. The molecular weight excluding hydrogens is 238 g/mol. The van der Waals surface area contributed by atoms with Crippen molar-refractivity contribution in [2.75, 3.05) is 0 Å². The first-order valence-corrected chi connectivity index (χ1v) is 6.79. The number of fused-ring (bicyclic) bond motifs is 1. The molecule has 0 radical (unpaired) electrons. The first-order chi connectivity index (χ1) is 8.97. The number of ether oxygens (including phenoxy) is 1. The second kappa shape index (κ2) is 4.12. The van der Waals surface area contributed by atoms with E-state index < -0.39 is 5.41 Å². The van der Waals surface area contributed by atoms with E-state index in [0.717, 1.165) is 17.0 Å². The van der Waals surface area contributed by atoms with Gasteiger partial charge in [0.2, 0.25) is 0 Å².